The van der Waals surface area contributed by atoms with Gasteiger partial charge in [0.2, 0.25) is 0 Å². The summed E-state index contributed by atoms with van der Waals surface area (Å²) in [6.07, 6.45) is 9.29. The van der Waals surface area contributed by atoms with E-state index in [1.807, 2.05) is 0 Å². The van der Waals surface area contributed by atoms with Crippen molar-refractivity contribution in [2.45, 2.75) is 33.6 Å². The van der Waals surface area contributed by atoms with Crippen LogP contribution in [-0.4, -0.2) is 0 Å². The highest BCUT2D eigenvalue weighted by Crippen LogP contribution is 2.30. The van der Waals surface area contributed by atoms with Gasteiger partial charge in [-0.2, -0.15) is 0 Å². The topological polar surface area (TPSA) is 0 Å². The zero-order chi connectivity index (χ0) is 9.84. The first-order valence-corrected chi connectivity index (χ1v) is 5.15. The lowest BCUT2D eigenvalue weighted by atomic mass is 9.81. The van der Waals surface area contributed by atoms with Gasteiger partial charge in [-0.15, -0.1) is 0 Å². The van der Waals surface area contributed by atoms with Gasteiger partial charge in [-0.25, -0.2) is 0 Å². The molecule has 0 radical (unpaired) electrons. The maximum atomic E-state index is 4.08. The van der Waals surface area contributed by atoms with E-state index in [0.717, 1.165) is 0 Å². The molecule has 0 saturated heterocycles. The molecule has 1 atom stereocenters. The van der Waals surface area contributed by atoms with Crippen molar-refractivity contribution in [3.63, 3.8) is 0 Å². The van der Waals surface area contributed by atoms with Crippen LogP contribution >= 0.6 is 0 Å². The predicted octanol–water partition coefficient (Wildman–Crippen LogP) is 4.11. The molecule has 0 heteroatoms. The highest BCUT2D eigenvalue weighted by atomic mass is 14.2. The van der Waals surface area contributed by atoms with Crippen LogP contribution in [0.15, 0.2) is 36.0 Å². The number of hydrogen-bond donors (Lipinski definition) is 0. The van der Waals surface area contributed by atoms with Crippen LogP contribution in [0.4, 0.5) is 0 Å². The SMILES string of the molecule is C=C(C)C(C1=CCCC=C1)C(C)C. The van der Waals surface area contributed by atoms with Crippen molar-refractivity contribution in [1.82, 2.24) is 0 Å². The second kappa shape index (κ2) is 4.45. The maximum Gasteiger partial charge on any atom is 0.00624 e. The van der Waals surface area contributed by atoms with E-state index >= 15 is 0 Å². The summed E-state index contributed by atoms with van der Waals surface area (Å²) in [6, 6.07) is 0. The average molecular weight is 176 g/mol. The van der Waals surface area contributed by atoms with Crippen LogP contribution in [-0.2, 0) is 0 Å². The molecule has 1 unspecified atom stereocenters. The Morgan fingerprint density at radius 2 is 2.08 bits per heavy atom. The maximum absolute atomic E-state index is 4.08. The Hall–Kier alpha value is -0.780. The molecular weight excluding hydrogens is 156 g/mol. The van der Waals surface area contributed by atoms with Crippen molar-refractivity contribution < 1.29 is 0 Å². The van der Waals surface area contributed by atoms with E-state index in [9.17, 15) is 0 Å². The average Bonchev–Trinajstić information content (AvgIpc) is 2.04. The van der Waals surface area contributed by atoms with Crippen molar-refractivity contribution in [2.75, 3.05) is 0 Å². The van der Waals surface area contributed by atoms with Gasteiger partial charge in [0.05, 0.1) is 0 Å². The van der Waals surface area contributed by atoms with E-state index in [2.05, 4.69) is 45.6 Å². The summed E-state index contributed by atoms with van der Waals surface area (Å²) >= 11 is 0. The molecule has 1 aliphatic carbocycles. The molecule has 72 valence electrons. The third-order valence-corrected chi connectivity index (χ3v) is 2.58. The van der Waals surface area contributed by atoms with Gasteiger partial charge >= 0.3 is 0 Å². The Morgan fingerprint density at radius 3 is 2.46 bits per heavy atom. The zero-order valence-electron chi connectivity index (χ0n) is 9.01. The number of rotatable bonds is 3. The molecule has 0 spiro atoms. The van der Waals surface area contributed by atoms with Gasteiger partial charge < -0.3 is 0 Å². The molecule has 0 aliphatic heterocycles. The highest BCUT2D eigenvalue weighted by molar-refractivity contribution is 5.30. The fraction of sp³-hybridized carbons (Fsp3) is 0.538. The van der Waals surface area contributed by atoms with E-state index in [1.54, 1.807) is 0 Å². The lowest BCUT2D eigenvalue weighted by molar-refractivity contribution is 0.508. The van der Waals surface area contributed by atoms with E-state index in [0.29, 0.717) is 11.8 Å². The quantitative estimate of drug-likeness (QED) is 0.568. The van der Waals surface area contributed by atoms with Crippen molar-refractivity contribution in [2.24, 2.45) is 11.8 Å². The summed E-state index contributed by atoms with van der Waals surface area (Å²) in [4.78, 5) is 0. The molecule has 0 amide bonds. The highest BCUT2D eigenvalue weighted by Gasteiger charge is 2.17. The lowest BCUT2D eigenvalue weighted by Crippen LogP contribution is -2.12. The van der Waals surface area contributed by atoms with Crippen LogP contribution in [0.1, 0.15) is 33.6 Å². The molecule has 0 N–H and O–H groups in total. The third-order valence-electron chi connectivity index (χ3n) is 2.58. The molecule has 0 bridgehead atoms. The fourth-order valence-corrected chi connectivity index (χ4v) is 2.10. The molecule has 0 fully saturated rings. The van der Waals surface area contributed by atoms with Gasteiger partial charge in [0.1, 0.15) is 0 Å². The van der Waals surface area contributed by atoms with Crippen LogP contribution in [0.3, 0.4) is 0 Å². The molecule has 13 heavy (non-hydrogen) atoms. The van der Waals surface area contributed by atoms with Gasteiger partial charge in [-0.05, 0) is 31.3 Å². The van der Waals surface area contributed by atoms with Gasteiger partial charge in [-0.3, -0.25) is 0 Å². The molecule has 0 heterocycles. The summed E-state index contributed by atoms with van der Waals surface area (Å²) < 4.78 is 0. The molecular formula is C13H20. The van der Waals surface area contributed by atoms with E-state index in [1.165, 1.54) is 24.0 Å². The Kier molecular flexibility index (Phi) is 3.53. The van der Waals surface area contributed by atoms with E-state index in [4.69, 9.17) is 0 Å². The van der Waals surface area contributed by atoms with Crippen LogP contribution in [0, 0.1) is 11.8 Å². The molecule has 0 aromatic heterocycles. The second-order valence-corrected chi connectivity index (χ2v) is 4.25. The molecule has 0 aromatic carbocycles. The third kappa shape index (κ3) is 2.58. The first-order valence-electron chi connectivity index (χ1n) is 5.15. The molecule has 0 nitrogen and oxygen atoms in total. The molecule has 0 aromatic rings. The Bertz CT molecular complexity index is 241. The van der Waals surface area contributed by atoms with Crippen LogP contribution in [0.25, 0.3) is 0 Å². The van der Waals surface area contributed by atoms with Gasteiger partial charge in [0.15, 0.2) is 0 Å². The van der Waals surface area contributed by atoms with Crippen molar-refractivity contribution in [1.29, 1.82) is 0 Å². The summed E-state index contributed by atoms with van der Waals surface area (Å²) in [7, 11) is 0. The van der Waals surface area contributed by atoms with Gasteiger partial charge in [0.25, 0.3) is 0 Å². The summed E-state index contributed by atoms with van der Waals surface area (Å²) in [5, 5.41) is 0. The minimum Gasteiger partial charge on any atom is -0.0995 e. The summed E-state index contributed by atoms with van der Waals surface area (Å²) in [6.45, 7) is 10.7. The number of allylic oxidation sites excluding steroid dienone is 5. The molecule has 0 saturated carbocycles. The Morgan fingerprint density at radius 1 is 1.38 bits per heavy atom. The number of hydrogen-bond acceptors (Lipinski definition) is 0. The normalized spacial score (nSPS) is 18.6. The van der Waals surface area contributed by atoms with Crippen LogP contribution in [0.5, 0.6) is 0 Å². The monoisotopic (exact) mass is 176 g/mol. The Labute approximate surface area is 82.0 Å². The standard InChI is InChI=1S/C13H20/c1-10(2)13(11(3)4)12-8-6-5-7-9-12/h6,8-9,11,13H,1,5,7H2,2-4H3. The van der Waals surface area contributed by atoms with E-state index < -0.39 is 0 Å². The lowest BCUT2D eigenvalue weighted by Gasteiger charge is -2.24. The van der Waals surface area contributed by atoms with Gasteiger partial charge in [-0.1, -0.05) is 44.2 Å². The van der Waals surface area contributed by atoms with Crippen molar-refractivity contribution in [3.05, 3.63) is 36.0 Å². The van der Waals surface area contributed by atoms with Crippen molar-refractivity contribution >= 4 is 0 Å². The fourth-order valence-electron chi connectivity index (χ4n) is 2.10. The summed E-state index contributed by atoms with van der Waals surface area (Å²) in [5.74, 6) is 1.21. The Balaban J connectivity index is 2.81. The largest absolute Gasteiger partial charge is 0.0995 e. The minimum atomic E-state index is 0.552. The first kappa shape index (κ1) is 10.3. The molecule has 1 aliphatic rings. The van der Waals surface area contributed by atoms with Crippen LogP contribution < -0.4 is 0 Å². The first-order chi connectivity index (χ1) is 6.13. The molecule has 1 rings (SSSR count). The predicted molar refractivity (Wildman–Crippen MR) is 59.6 cm³/mol. The second-order valence-electron chi connectivity index (χ2n) is 4.25. The van der Waals surface area contributed by atoms with Crippen LogP contribution in [0.2, 0.25) is 0 Å². The van der Waals surface area contributed by atoms with Crippen molar-refractivity contribution in [3.8, 4) is 0 Å². The minimum absolute atomic E-state index is 0.552. The smallest absolute Gasteiger partial charge is 0.00624 e. The zero-order valence-corrected chi connectivity index (χ0v) is 9.01. The summed E-state index contributed by atoms with van der Waals surface area (Å²) in [5.41, 5.74) is 2.75. The van der Waals surface area contributed by atoms with Gasteiger partial charge in [0, 0.05) is 5.92 Å². The van der Waals surface area contributed by atoms with E-state index in [-0.39, 0.29) is 0 Å².